The molecule has 6 heteroatoms. The molecule has 6 nitrogen and oxygen atoms in total. The first kappa shape index (κ1) is 18.3. The molecule has 0 unspecified atom stereocenters. The van der Waals surface area contributed by atoms with Crippen LogP contribution in [0.3, 0.4) is 0 Å². The molecule has 132 valence electrons. The van der Waals surface area contributed by atoms with Gasteiger partial charge in [0.15, 0.2) is 12.9 Å². The predicted molar refractivity (Wildman–Crippen MR) is 93.4 cm³/mol. The van der Waals surface area contributed by atoms with Crippen molar-refractivity contribution in [2.24, 2.45) is 0 Å². The second-order valence-corrected chi connectivity index (χ2v) is 5.34. The van der Waals surface area contributed by atoms with Crippen LogP contribution < -0.4 is 19.5 Å². The fraction of sp³-hybridized carbons (Fsp3) is 0.263. The molecule has 0 aliphatic carbocycles. The molecule has 0 radical (unpaired) electrons. The molecular formula is C19H21NO5. The van der Waals surface area contributed by atoms with Crippen LogP contribution in [0.25, 0.3) is 0 Å². The minimum atomic E-state index is -0.307. The first-order valence-electron chi connectivity index (χ1n) is 7.77. The third-order valence-corrected chi connectivity index (χ3v) is 3.69. The molecule has 0 fully saturated rings. The van der Waals surface area contributed by atoms with Crippen molar-refractivity contribution in [3.05, 3.63) is 53.6 Å². The van der Waals surface area contributed by atoms with Gasteiger partial charge in [0, 0.05) is 5.56 Å². The smallest absolute Gasteiger partial charge is 0.258 e. The molecule has 0 aromatic heterocycles. The monoisotopic (exact) mass is 343 g/mol. The van der Waals surface area contributed by atoms with Crippen LogP contribution in [0.1, 0.15) is 28.9 Å². The zero-order valence-corrected chi connectivity index (χ0v) is 14.4. The van der Waals surface area contributed by atoms with E-state index in [0.717, 1.165) is 5.56 Å². The summed E-state index contributed by atoms with van der Waals surface area (Å²) in [4.78, 5) is 23.1. The summed E-state index contributed by atoms with van der Waals surface area (Å²) in [6.07, 6.45) is 0.691. The van der Waals surface area contributed by atoms with Crippen molar-refractivity contribution in [2.75, 3.05) is 20.8 Å². The maximum atomic E-state index is 12.2. The summed E-state index contributed by atoms with van der Waals surface area (Å²) < 4.78 is 16.0. The summed E-state index contributed by atoms with van der Waals surface area (Å²) in [6, 6.07) is 11.8. The number of para-hydroxylation sites is 1. The molecule has 0 aliphatic rings. The topological polar surface area (TPSA) is 73.9 Å². The number of carbonyl (C=O) groups is 2. The Balaban J connectivity index is 2.01. The van der Waals surface area contributed by atoms with Crippen LogP contribution in [0.15, 0.2) is 42.5 Å². The van der Waals surface area contributed by atoms with Gasteiger partial charge in [-0.25, -0.2) is 0 Å². The summed E-state index contributed by atoms with van der Waals surface area (Å²) in [6.45, 7) is 1.65. The molecule has 1 amide bonds. The Hall–Kier alpha value is -3.02. The summed E-state index contributed by atoms with van der Waals surface area (Å²) in [5, 5.41) is 2.84. The van der Waals surface area contributed by atoms with Crippen molar-refractivity contribution < 1.29 is 23.8 Å². The number of benzene rings is 2. The highest BCUT2D eigenvalue weighted by atomic mass is 16.5. The van der Waals surface area contributed by atoms with Gasteiger partial charge in [0.25, 0.3) is 5.91 Å². The van der Waals surface area contributed by atoms with Crippen LogP contribution in [-0.4, -0.2) is 33.0 Å². The highest BCUT2D eigenvalue weighted by Crippen LogP contribution is 2.29. The summed E-state index contributed by atoms with van der Waals surface area (Å²) in [5.41, 5.74) is 1.20. The van der Waals surface area contributed by atoms with E-state index in [9.17, 15) is 9.59 Å². The Labute approximate surface area is 146 Å². The van der Waals surface area contributed by atoms with Crippen molar-refractivity contribution in [3.8, 4) is 17.2 Å². The molecule has 0 spiro atoms. The van der Waals surface area contributed by atoms with Crippen LogP contribution in [0, 0.1) is 0 Å². The van der Waals surface area contributed by atoms with Gasteiger partial charge in [0.05, 0.1) is 25.8 Å². The average Bonchev–Trinajstić information content (AvgIpc) is 2.65. The molecule has 1 N–H and O–H groups in total. The van der Waals surface area contributed by atoms with Gasteiger partial charge in [-0.1, -0.05) is 12.1 Å². The van der Waals surface area contributed by atoms with Crippen molar-refractivity contribution in [1.82, 2.24) is 5.32 Å². The number of hydrogen-bond donors (Lipinski definition) is 1. The highest BCUT2D eigenvalue weighted by molar-refractivity contribution is 5.81. The van der Waals surface area contributed by atoms with Crippen LogP contribution >= 0.6 is 0 Å². The summed E-state index contributed by atoms with van der Waals surface area (Å²) in [7, 11) is 3.15. The predicted octanol–water partition coefficient (Wildman–Crippen LogP) is 2.77. The van der Waals surface area contributed by atoms with E-state index in [1.807, 2.05) is 13.0 Å². The minimum Gasteiger partial charge on any atom is -0.497 e. The first-order valence-corrected chi connectivity index (χ1v) is 7.77. The normalized spacial score (nSPS) is 11.3. The van der Waals surface area contributed by atoms with Gasteiger partial charge in [-0.15, -0.1) is 0 Å². The number of rotatable bonds is 8. The molecular weight excluding hydrogens is 322 g/mol. The molecule has 25 heavy (non-hydrogen) atoms. The van der Waals surface area contributed by atoms with E-state index in [1.54, 1.807) is 50.6 Å². The zero-order chi connectivity index (χ0) is 18.2. The van der Waals surface area contributed by atoms with Gasteiger partial charge >= 0.3 is 0 Å². The Kier molecular flexibility index (Phi) is 6.39. The lowest BCUT2D eigenvalue weighted by Gasteiger charge is -2.18. The molecule has 0 aliphatic heterocycles. The van der Waals surface area contributed by atoms with Crippen LogP contribution in [0.4, 0.5) is 0 Å². The highest BCUT2D eigenvalue weighted by Gasteiger charge is 2.16. The van der Waals surface area contributed by atoms with E-state index in [-0.39, 0.29) is 18.6 Å². The third kappa shape index (κ3) is 4.73. The molecule has 0 bridgehead atoms. The lowest BCUT2D eigenvalue weighted by molar-refractivity contribution is -0.123. The molecule has 0 saturated carbocycles. The van der Waals surface area contributed by atoms with Gasteiger partial charge < -0.3 is 19.5 Å². The van der Waals surface area contributed by atoms with Crippen molar-refractivity contribution >= 4 is 12.2 Å². The molecule has 0 heterocycles. The fourth-order valence-corrected chi connectivity index (χ4v) is 2.39. The Morgan fingerprint density at radius 1 is 1.12 bits per heavy atom. The number of nitrogens with one attached hydrogen (secondary N) is 1. The van der Waals surface area contributed by atoms with Crippen LogP contribution in [0.2, 0.25) is 0 Å². The van der Waals surface area contributed by atoms with E-state index in [2.05, 4.69) is 5.32 Å². The Bertz CT molecular complexity index is 744. The number of ether oxygens (including phenoxy) is 3. The number of carbonyl (C=O) groups excluding carboxylic acids is 2. The van der Waals surface area contributed by atoms with E-state index in [1.165, 1.54) is 0 Å². The van der Waals surface area contributed by atoms with Gasteiger partial charge in [-0.2, -0.15) is 0 Å². The van der Waals surface area contributed by atoms with E-state index in [4.69, 9.17) is 14.2 Å². The van der Waals surface area contributed by atoms with E-state index < -0.39 is 0 Å². The van der Waals surface area contributed by atoms with Crippen molar-refractivity contribution in [3.63, 3.8) is 0 Å². The summed E-state index contributed by atoms with van der Waals surface area (Å²) in [5.74, 6) is 1.39. The maximum absolute atomic E-state index is 12.2. The quantitative estimate of drug-likeness (QED) is 0.746. The third-order valence-electron chi connectivity index (χ3n) is 3.69. The van der Waals surface area contributed by atoms with Crippen molar-refractivity contribution in [2.45, 2.75) is 13.0 Å². The minimum absolute atomic E-state index is 0.193. The first-order chi connectivity index (χ1) is 12.1. The van der Waals surface area contributed by atoms with Crippen LogP contribution in [0.5, 0.6) is 17.2 Å². The SMILES string of the molecule is COc1ccc(OC)c([C@H](C)NC(=O)COc2ccccc2C=O)c1. The zero-order valence-electron chi connectivity index (χ0n) is 14.4. The summed E-state index contributed by atoms with van der Waals surface area (Å²) >= 11 is 0. The van der Waals surface area contributed by atoms with Gasteiger partial charge in [0.2, 0.25) is 0 Å². The lowest BCUT2D eigenvalue weighted by atomic mass is 10.1. The molecule has 0 saturated heterocycles. The van der Waals surface area contributed by atoms with Gasteiger partial charge in [0.1, 0.15) is 17.2 Å². The van der Waals surface area contributed by atoms with Gasteiger partial charge in [-0.05, 0) is 37.3 Å². The lowest BCUT2D eigenvalue weighted by Crippen LogP contribution is -2.31. The second-order valence-electron chi connectivity index (χ2n) is 5.34. The molecule has 2 aromatic rings. The molecule has 2 aromatic carbocycles. The molecule has 2 rings (SSSR count). The average molecular weight is 343 g/mol. The van der Waals surface area contributed by atoms with E-state index in [0.29, 0.717) is 29.1 Å². The number of aldehydes is 1. The second kappa shape index (κ2) is 8.73. The maximum Gasteiger partial charge on any atom is 0.258 e. The van der Waals surface area contributed by atoms with Crippen molar-refractivity contribution in [1.29, 1.82) is 0 Å². The number of hydrogen-bond acceptors (Lipinski definition) is 5. The molecule has 1 atom stereocenters. The fourth-order valence-electron chi connectivity index (χ4n) is 2.39. The number of amides is 1. The van der Waals surface area contributed by atoms with Gasteiger partial charge in [-0.3, -0.25) is 9.59 Å². The standard InChI is InChI=1S/C19H21NO5/c1-13(16-10-15(23-2)8-9-18(16)24-3)20-19(22)12-25-17-7-5-4-6-14(17)11-21/h4-11,13H,12H2,1-3H3,(H,20,22)/t13-/m0/s1. The van der Waals surface area contributed by atoms with Crippen LogP contribution in [-0.2, 0) is 4.79 Å². The Morgan fingerprint density at radius 3 is 2.56 bits per heavy atom. The number of methoxy groups -OCH3 is 2. The largest absolute Gasteiger partial charge is 0.497 e. The van der Waals surface area contributed by atoms with E-state index >= 15 is 0 Å². The Morgan fingerprint density at radius 2 is 1.88 bits per heavy atom.